The molecule has 0 aliphatic heterocycles. The van der Waals surface area contributed by atoms with Crippen molar-refractivity contribution >= 4 is 23.5 Å². The van der Waals surface area contributed by atoms with Crippen molar-refractivity contribution in [3.63, 3.8) is 0 Å². The molecule has 6 heteroatoms. The summed E-state index contributed by atoms with van der Waals surface area (Å²) in [7, 11) is 1.26. The zero-order chi connectivity index (χ0) is 19.5. The van der Waals surface area contributed by atoms with Gasteiger partial charge in [-0.05, 0) is 49.4 Å². The van der Waals surface area contributed by atoms with Gasteiger partial charge >= 0.3 is 5.97 Å². The predicted molar refractivity (Wildman–Crippen MR) is 99.6 cm³/mol. The minimum atomic E-state index is -0.514. The molecule has 1 aromatic rings. The summed E-state index contributed by atoms with van der Waals surface area (Å²) in [5.41, 5.74) is 2.20. The quantitative estimate of drug-likeness (QED) is 0.605. The second-order valence-corrected chi connectivity index (χ2v) is 7.39. The fourth-order valence-corrected chi connectivity index (χ4v) is 3.10. The van der Waals surface area contributed by atoms with Crippen LogP contribution in [0.5, 0.6) is 0 Å². The summed E-state index contributed by atoms with van der Waals surface area (Å²) in [6, 6.07) is 6.56. The molecule has 2 amide bonds. The Morgan fingerprint density at radius 2 is 1.77 bits per heavy atom. The van der Waals surface area contributed by atoms with E-state index >= 15 is 0 Å². The fourth-order valence-electron chi connectivity index (χ4n) is 3.10. The van der Waals surface area contributed by atoms with Gasteiger partial charge in [-0.1, -0.05) is 25.5 Å². The number of nitrogens with one attached hydrogen (secondary N) is 2. The monoisotopic (exact) mass is 358 g/mol. The van der Waals surface area contributed by atoms with Gasteiger partial charge in [0.2, 0.25) is 5.91 Å². The molecule has 1 aliphatic carbocycles. The number of ether oxygens (including phenoxy) is 1. The van der Waals surface area contributed by atoms with Gasteiger partial charge in [0, 0.05) is 11.3 Å². The van der Waals surface area contributed by atoms with Crippen molar-refractivity contribution in [2.45, 2.75) is 27.7 Å². The second kappa shape index (κ2) is 7.72. The molecule has 0 aromatic heterocycles. The first kappa shape index (κ1) is 19.7. The summed E-state index contributed by atoms with van der Waals surface area (Å²) in [5, 5.41) is 5.38. The van der Waals surface area contributed by atoms with E-state index < -0.39 is 5.97 Å². The molecule has 1 fully saturated rings. The van der Waals surface area contributed by atoms with Crippen molar-refractivity contribution < 1.29 is 19.1 Å². The summed E-state index contributed by atoms with van der Waals surface area (Å²) in [5.74, 6) is -0.711. The SMILES string of the molecule is COC(=O)CNC(=O)c1ccc(NC(=O)[C@H]2[C@H](C=C(C)C)C2(C)C)cc1. The van der Waals surface area contributed by atoms with Gasteiger partial charge in [0.05, 0.1) is 13.0 Å². The highest BCUT2D eigenvalue weighted by atomic mass is 16.5. The zero-order valence-electron chi connectivity index (χ0n) is 15.9. The van der Waals surface area contributed by atoms with Gasteiger partial charge in [-0.2, -0.15) is 0 Å². The number of hydrogen-bond donors (Lipinski definition) is 2. The van der Waals surface area contributed by atoms with Crippen LogP contribution in [0.15, 0.2) is 35.9 Å². The summed E-state index contributed by atoms with van der Waals surface area (Å²) in [6.45, 7) is 8.07. The lowest BCUT2D eigenvalue weighted by molar-refractivity contribution is -0.139. The van der Waals surface area contributed by atoms with Crippen molar-refractivity contribution in [3.8, 4) is 0 Å². The van der Waals surface area contributed by atoms with Crippen LogP contribution in [-0.4, -0.2) is 31.4 Å². The van der Waals surface area contributed by atoms with Crippen LogP contribution in [0.4, 0.5) is 5.69 Å². The van der Waals surface area contributed by atoms with Crippen LogP contribution in [0, 0.1) is 17.3 Å². The number of carbonyl (C=O) groups excluding carboxylic acids is 3. The largest absolute Gasteiger partial charge is 0.468 e. The fraction of sp³-hybridized carbons (Fsp3) is 0.450. The average molecular weight is 358 g/mol. The molecule has 2 rings (SSSR count). The molecule has 26 heavy (non-hydrogen) atoms. The van der Waals surface area contributed by atoms with E-state index in [1.165, 1.54) is 12.7 Å². The van der Waals surface area contributed by atoms with E-state index in [2.05, 4.69) is 35.3 Å². The Balaban J connectivity index is 1.95. The van der Waals surface area contributed by atoms with E-state index in [4.69, 9.17) is 0 Å². The van der Waals surface area contributed by atoms with E-state index in [9.17, 15) is 14.4 Å². The molecule has 0 spiro atoms. The first-order valence-corrected chi connectivity index (χ1v) is 8.57. The third-order valence-corrected chi connectivity index (χ3v) is 4.74. The second-order valence-electron chi connectivity index (χ2n) is 7.39. The Morgan fingerprint density at radius 1 is 1.15 bits per heavy atom. The van der Waals surface area contributed by atoms with Crippen LogP contribution in [0.3, 0.4) is 0 Å². The maximum absolute atomic E-state index is 12.5. The first-order valence-electron chi connectivity index (χ1n) is 8.57. The summed E-state index contributed by atoms with van der Waals surface area (Å²) in [4.78, 5) is 35.5. The van der Waals surface area contributed by atoms with Crippen molar-refractivity contribution in [1.82, 2.24) is 5.32 Å². The van der Waals surface area contributed by atoms with Crippen LogP contribution in [0.2, 0.25) is 0 Å². The molecule has 0 unspecified atom stereocenters. The predicted octanol–water partition coefficient (Wildman–Crippen LogP) is 2.77. The number of benzene rings is 1. The molecule has 0 heterocycles. The van der Waals surface area contributed by atoms with Crippen molar-refractivity contribution in [2.24, 2.45) is 17.3 Å². The van der Waals surface area contributed by atoms with Gasteiger partial charge < -0.3 is 15.4 Å². The Bertz CT molecular complexity index is 731. The van der Waals surface area contributed by atoms with Crippen LogP contribution in [-0.2, 0) is 14.3 Å². The van der Waals surface area contributed by atoms with Crippen LogP contribution in [0.25, 0.3) is 0 Å². The van der Waals surface area contributed by atoms with Gasteiger partial charge in [-0.3, -0.25) is 14.4 Å². The van der Waals surface area contributed by atoms with Gasteiger partial charge in [-0.15, -0.1) is 0 Å². The Hall–Kier alpha value is -2.63. The molecule has 2 atom stereocenters. The summed E-state index contributed by atoms with van der Waals surface area (Å²) >= 11 is 0. The molecule has 140 valence electrons. The Kier molecular flexibility index (Phi) is 5.85. The molecule has 0 saturated heterocycles. The zero-order valence-corrected chi connectivity index (χ0v) is 15.9. The van der Waals surface area contributed by atoms with Gasteiger partial charge in [0.1, 0.15) is 6.54 Å². The molecule has 6 nitrogen and oxygen atoms in total. The minimum absolute atomic E-state index is 0.0135. The molecule has 1 saturated carbocycles. The lowest BCUT2D eigenvalue weighted by atomic mass is 10.1. The van der Waals surface area contributed by atoms with Crippen LogP contribution < -0.4 is 10.6 Å². The molecule has 0 radical (unpaired) electrons. The summed E-state index contributed by atoms with van der Waals surface area (Å²) < 4.78 is 4.47. The van der Waals surface area contributed by atoms with E-state index in [0.29, 0.717) is 11.3 Å². The minimum Gasteiger partial charge on any atom is -0.468 e. The topological polar surface area (TPSA) is 84.5 Å². The van der Waals surface area contributed by atoms with Crippen molar-refractivity contribution in [2.75, 3.05) is 19.0 Å². The lowest BCUT2D eigenvalue weighted by Crippen LogP contribution is -2.30. The van der Waals surface area contributed by atoms with Crippen LogP contribution in [0.1, 0.15) is 38.1 Å². The number of carbonyl (C=O) groups is 3. The Labute approximate surface area is 154 Å². The molecule has 0 bridgehead atoms. The molecule has 1 aliphatic rings. The highest BCUT2D eigenvalue weighted by Gasteiger charge is 2.60. The number of methoxy groups -OCH3 is 1. The third kappa shape index (κ3) is 4.50. The average Bonchev–Trinajstić information content (AvgIpc) is 3.12. The molecule has 2 N–H and O–H groups in total. The number of hydrogen-bond acceptors (Lipinski definition) is 4. The molecule has 1 aromatic carbocycles. The van der Waals surface area contributed by atoms with Gasteiger partial charge in [0.15, 0.2) is 0 Å². The van der Waals surface area contributed by atoms with E-state index in [1.54, 1.807) is 24.3 Å². The standard InChI is InChI=1S/C20H26N2O4/c1-12(2)10-15-17(20(15,3)4)19(25)22-14-8-6-13(7-9-14)18(24)21-11-16(23)26-5/h6-10,15,17H,11H2,1-5H3,(H,21,24)(H,22,25)/t15-,17+/m0/s1. The maximum atomic E-state index is 12.5. The van der Waals surface area contributed by atoms with Gasteiger partial charge in [-0.25, -0.2) is 0 Å². The number of rotatable bonds is 6. The first-order chi connectivity index (χ1) is 12.2. The molecular weight excluding hydrogens is 332 g/mol. The van der Waals surface area contributed by atoms with Gasteiger partial charge in [0.25, 0.3) is 5.91 Å². The maximum Gasteiger partial charge on any atom is 0.325 e. The number of amides is 2. The number of allylic oxidation sites excluding steroid dienone is 2. The lowest BCUT2D eigenvalue weighted by Gasteiger charge is -2.08. The normalized spacial score (nSPS) is 19.9. The van der Waals surface area contributed by atoms with Crippen molar-refractivity contribution in [3.05, 3.63) is 41.5 Å². The van der Waals surface area contributed by atoms with E-state index in [1.807, 2.05) is 13.8 Å². The third-order valence-electron chi connectivity index (χ3n) is 4.74. The van der Waals surface area contributed by atoms with Crippen molar-refractivity contribution in [1.29, 1.82) is 0 Å². The molecular formula is C20H26N2O4. The summed E-state index contributed by atoms with van der Waals surface area (Å²) in [6.07, 6.45) is 2.15. The van der Waals surface area contributed by atoms with E-state index in [0.717, 1.165) is 0 Å². The van der Waals surface area contributed by atoms with E-state index in [-0.39, 0.29) is 35.6 Å². The number of anilines is 1. The number of esters is 1. The smallest absolute Gasteiger partial charge is 0.325 e. The highest BCUT2D eigenvalue weighted by molar-refractivity contribution is 5.98. The highest BCUT2D eigenvalue weighted by Crippen LogP contribution is 2.59. The Morgan fingerprint density at radius 3 is 2.31 bits per heavy atom. The van der Waals surface area contributed by atoms with Crippen LogP contribution >= 0.6 is 0 Å².